The minimum Gasteiger partial charge on any atom is -0.456 e. The molecule has 3 atom stereocenters. The van der Waals surface area contributed by atoms with Gasteiger partial charge < -0.3 is 13.6 Å². The summed E-state index contributed by atoms with van der Waals surface area (Å²) < 4.78 is 19.9. The molecule has 32 heavy (non-hydrogen) atoms. The summed E-state index contributed by atoms with van der Waals surface area (Å²) in [6.45, 7) is 0. The van der Waals surface area contributed by atoms with Gasteiger partial charge in [-0.15, -0.1) is 0 Å². The maximum Gasteiger partial charge on any atom is 0.207 e. The van der Waals surface area contributed by atoms with Gasteiger partial charge in [0.05, 0.1) is 12.4 Å². The van der Waals surface area contributed by atoms with Crippen molar-refractivity contribution < 1.29 is 13.6 Å². The lowest BCUT2D eigenvalue weighted by molar-refractivity contribution is 0.421. The molecule has 174 valence electrons. The van der Waals surface area contributed by atoms with Gasteiger partial charge in [0.25, 0.3) is 0 Å². The van der Waals surface area contributed by atoms with Gasteiger partial charge in [0.15, 0.2) is 14.1 Å². The van der Waals surface area contributed by atoms with Crippen LogP contribution in [0, 0.1) is 0 Å². The highest BCUT2D eigenvalue weighted by molar-refractivity contribution is 8.02. The molecule has 0 aromatic heterocycles. The Labute approximate surface area is 206 Å². The van der Waals surface area contributed by atoms with E-state index in [-0.39, 0.29) is 0 Å². The van der Waals surface area contributed by atoms with E-state index < -0.39 is 21.2 Å². The van der Waals surface area contributed by atoms with Crippen molar-refractivity contribution in [3.63, 3.8) is 0 Å². The summed E-state index contributed by atoms with van der Waals surface area (Å²) in [5.74, 6) is 1.41. The van der Waals surface area contributed by atoms with Crippen LogP contribution in [-0.2, 0) is 39.9 Å². The molecular formula is C18H26N5O3P3S3. The van der Waals surface area contributed by atoms with Crippen LogP contribution in [0.25, 0.3) is 0 Å². The number of rotatable bonds is 12. The zero-order chi connectivity index (χ0) is 23.5. The molecule has 8 nitrogen and oxygen atoms in total. The van der Waals surface area contributed by atoms with Gasteiger partial charge >= 0.3 is 0 Å². The fourth-order valence-electron chi connectivity index (χ4n) is 2.10. The first kappa shape index (κ1) is 27.1. The minimum atomic E-state index is -1.76. The first-order valence-corrected chi connectivity index (χ1v) is 16.8. The lowest BCUT2D eigenvalue weighted by atomic mass is 10.2. The Morgan fingerprint density at radius 1 is 0.781 bits per heavy atom. The second-order valence-corrected chi connectivity index (χ2v) is 13.6. The second-order valence-electron chi connectivity index (χ2n) is 6.15. The normalized spacial score (nSPS) is 14.2. The number of hydrogen-bond acceptors (Lipinski definition) is 8. The van der Waals surface area contributed by atoms with E-state index in [1.807, 2.05) is 48.5 Å². The van der Waals surface area contributed by atoms with Gasteiger partial charge in [-0.05, 0) is 102 Å². The van der Waals surface area contributed by atoms with Gasteiger partial charge in [-0.2, -0.15) is 10.2 Å². The van der Waals surface area contributed by atoms with Crippen molar-refractivity contribution in [2.24, 2.45) is 10.2 Å². The third-order valence-electron chi connectivity index (χ3n) is 3.84. The molecule has 0 spiro atoms. The Kier molecular flexibility index (Phi) is 12.0. The molecule has 0 radical (unpaired) electrons. The van der Waals surface area contributed by atoms with Crippen LogP contribution < -0.4 is 14.1 Å². The zero-order valence-electron chi connectivity index (χ0n) is 18.0. The zero-order valence-corrected chi connectivity index (χ0v) is 23.5. The first-order valence-electron chi connectivity index (χ1n) is 9.27. The fraction of sp³-hybridized carbons (Fsp3) is 0.222. The van der Waals surface area contributed by atoms with Gasteiger partial charge in [0, 0.05) is 21.2 Å². The average Bonchev–Trinajstić information content (AvgIpc) is 2.81. The maximum absolute atomic E-state index is 5.88. The number of nitrogens with zero attached hydrogens (tertiary/aromatic N) is 4. The minimum absolute atomic E-state index is 0.680. The standard InChI is InChI=1S/C18H26N5O3P3S3/c1-19-27(30)25-17-9-5-15(6-10-17)14-21-23(3)29(32)26-18-11-7-16(8-12-18)13-20-22(2)28(31)24-4/h5-14,27-29H,1-4H3,(H,19,30)/b20-13+,21-14+. The molecule has 0 aliphatic carbocycles. The number of hydrazone groups is 2. The van der Waals surface area contributed by atoms with Gasteiger partial charge in [-0.25, -0.2) is 4.78 Å². The van der Waals surface area contributed by atoms with E-state index in [9.17, 15) is 0 Å². The largest absolute Gasteiger partial charge is 0.456 e. The van der Waals surface area contributed by atoms with Gasteiger partial charge in [0.1, 0.15) is 11.5 Å². The Hall–Kier alpha value is -1.15. The smallest absolute Gasteiger partial charge is 0.207 e. The van der Waals surface area contributed by atoms with E-state index >= 15 is 0 Å². The van der Waals surface area contributed by atoms with E-state index in [1.54, 1.807) is 50.2 Å². The predicted octanol–water partition coefficient (Wildman–Crippen LogP) is 4.06. The summed E-state index contributed by atoms with van der Waals surface area (Å²) in [5, 5.41) is 11.6. The van der Waals surface area contributed by atoms with E-state index in [1.165, 1.54) is 0 Å². The van der Waals surface area contributed by atoms with Crippen molar-refractivity contribution in [2.45, 2.75) is 0 Å². The molecule has 3 unspecified atom stereocenters. The second kappa shape index (κ2) is 14.2. The SMILES string of the molecule is CN[PH](=S)Oc1ccc(/C=N/N(C)[PH](=S)Oc2ccc(/C=N/N(C)[PH](=S)OC)cc2)cc1. The molecular weight excluding hydrogens is 523 g/mol. The van der Waals surface area contributed by atoms with Crippen molar-refractivity contribution in [2.75, 3.05) is 28.3 Å². The molecule has 0 bridgehead atoms. The van der Waals surface area contributed by atoms with Crippen molar-refractivity contribution in [1.82, 2.24) is 14.6 Å². The van der Waals surface area contributed by atoms with E-state index in [4.69, 9.17) is 49.0 Å². The van der Waals surface area contributed by atoms with E-state index in [0.29, 0.717) is 5.75 Å². The number of benzene rings is 2. The third kappa shape index (κ3) is 9.38. The summed E-state index contributed by atoms with van der Waals surface area (Å²) >= 11 is 15.8. The van der Waals surface area contributed by atoms with Crippen LogP contribution in [0.4, 0.5) is 0 Å². The van der Waals surface area contributed by atoms with Crippen molar-refractivity contribution in [3.8, 4) is 11.5 Å². The fourth-order valence-corrected chi connectivity index (χ4v) is 4.45. The van der Waals surface area contributed by atoms with Gasteiger partial charge in [0.2, 0.25) is 7.07 Å². The van der Waals surface area contributed by atoms with Crippen LogP contribution in [0.15, 0.2) is 58.7 Å². The molecule has 2 aromatic carbocycles. The molecule has 0 heterocycles. The topological polar surface area (TPSA) is 70.9 Å². The van der Waals surface area contributed by atoms with E-state index in [0.717, 1.165) is 16.9 Å². The highest BCUT2D eigenvalue weighted by atomic mass is 32.4. The van der Waals surface area contributed by atoms with Crippen LogP contribution in [0.1, 0.15) is 11.1 Å². The molecule has 1 N–H and O–H groups in total. The average molecular weight is 550 g/mol. The van der Waals surface area contributed by atoms with Crippen LogP contribution >= 0.6 is 21.2 Å². The lowest BCUT2D eigenvalue weighted by Gasteiger charge is -2.16. The van der Waals surface area contributed by atoms with Crippen LogP contribution in [0.2, 0.25) is 0 Å². The number of nitrogens with one attached hydrogen (secondary N) is 1. The first-order chi connectivity index (χ1) is 15.3. The third-order valence-corrected chi connectivity index (χ3v) is 9.92. The van der Waals surface area contributed by atoms with Gasteiger partial charge in [-0.1, -0.05) is 0 Å². The van der Waals surface area contributed by atoms with Crippen molar-refractivity contribution in [3.05, 3.63) is 59.7 Å². The monoisotopic (exact) mass is 549 g/mol. The highest BCUT2D eigenvalue weighted by Gasteiger charge is 2.04. The molecule has 0 aliphatic rings. The molecule has 0 aliphatic heterocycles. The Morgan fingerprint density at radius 3 is 1.66 bits per heavy atom. The summed E-state index contributed by atoms with van der Waals surface area (Å²) in [6.07, 6.45) is 3.45. The summed E-state index contributed by atoms with van der Waals surface area (Å²) in [5.41, 5.74) is 1.84. The maximum atomic E-state index is 5.88. The highest BCUT2D eigenvalue weighted by Crippen LogP contribution is 2.31. The Bertz CT molecular complexity index is 1010. The van der Waals surface area contributed by atoms with Crippen LogP contribution in [0.5, 0.6) is 11.5 Å². The molecule has 0 saturated carbocycles. The molecule has 2 aromatic rings. The Morgan fingerprint density at radius 2 is 1.22 bits per heavy atom. The van der Waals surface area contributed by atoms with Crippen molar-refractivity contribution in [1.29, 1.82) is 0 Å². The summed E-state index contributed by atoms with van der Waals surface area (Å²) in [6, 6.07) is 15.0. The van der Waals surface area contributed by atoms with Crippen molar-refractivity contribution >= 4 is 69.1 Å². The van der Waals surface area contributed by atoms with Crippen LogP contribution in [-0.4, -0.2) is 50.2 Å². The summed E-state index contributed by atoms with van der Waals surface area (Å²) in [4.78, 5) is 0. The number of hydrogen-bond donors (Lipinski definition) is 1. The predicted molar refractivity (Wildman–Crippen MR) is 148 cm³/mol. The van der Waals surface area contributed by atoms with Crippen LogP contribution in [0.3, 0.4) is 0 Å². The van der Waals surface area contributed by atoms with Gasteiger partial charge in [-0.3, -0.25) is 9.87 Å². The van der Waals surface area contributed by atoms with E-state index in [2.05, 4.69) is 15.3 Å². The molecule has 14 heteroatoms. The molecule has 0 saturated heterocycles. The molecule has 0 fully saturated rings. The summed E-state index contributed by atoms with van der Waals surface area (Å²) in [7, 11) is 2.30. The molecule has 2 rings (SSSR count). The lowest BCUT2D eigenvalue weighted by Crippen LogP contribution is -2.03. The Balaban J connectivity index is 1.89. The quantitative estimate of drug-likeness (QED) is 0.240. The molecule has 0 amide bonds.